The highest BCUT2D eigenvalue weighted by Gasteiger charge is 2.28. The number of amides is 1. The van der Waals surface area contributed by atoms with Gasteiger partial charge in [-0.1, -0.05) is 6.92 Å². The van der Waals surface area contributed by atoms with E-state index >= 15 is 0 Å². The number of halogens is 3. The normalized spacial score (nSPS) is 25.2. The molecule has 0 aliphatic heterocycles. The van der Waals surface area contributed by atoms with E-state index in [2.05, 4.69) is 6.92 Å². The molecule has 106 valence electrons. The molecule has 0 bridgehead atoms. The maximum atomic E-state index is 11.9. The Morgan fingerprint density at radius 3 is 2.33 bits per heavy atom. The molecule has 0 radical (unpaired) electrons. The predicted molar refractivity (Wildman–Crippen MR) is 63.1 cm³/mol. The molecule has 0 aromatic heterocycles. The number of hydrogen-bond donors (Lipinski definition) is 1. The number of carbonyl (C=O) groups is 1. The Kier molecular flexibility index (Phi) is 5.44. The fourth-order valence-corrected chi connectivity index (χ4v) is 2.29. The number of alkyl halides is 3. The summed E-state index contributed by atoms with van der Waals surface area (Å²) in [5, 5.41) is 1.90. The van der Waals surface area contributed by atoms with Crippen molar-refractivity contribution in [3.63, 3.8) is 0 Å². The summed E-state index contributed by atoms with van der Waals surface area (Å²) in [7, 11) is 1.80. The zero-order chi connectivity index (χ0) is 13.8. The van der Waals surface area contributed by atoms with Gasteiger partial charge in [-0.15, -0.1) is 0 Å². The molecule has 1 fully saturated rings. The van der Waals surface area contributed by atoms with Crippen molar-refractivity contribution < 1.29 is 18.0 Å². The topological polar surface area (TPSA) is 32.3 Å². The summed E-state index contributed by atoms with van der Waals surface area (Å²) in [5.41, 5.74) is 0. The summed E-state index contributed by atoms with van der Waals surface area (Å²) in [6.07, 6.45) is -0.0543. The van der Waals surface area contributed by atoms with E-state index in [1.807, 2.05) is 10.2 Å². The molecular formula is C12H21F3N2O. The first kappa shape index (κ1) is 15.3. The van der Waals surface area contributed by atoms with E-state index in [1.165, 1.54) is 0 Å². The minimum Gasteiger partial charge on any atom is -0.346 e. The number of carbonyl (C=O) groups excluding carboxylic acids is 1. The van der Waals surface area contributed by atoms with Crippen LogP contribution in [0.5, 0.6) is 0 Å². The second kappa shape index (κ2) is 6.41. The standard InChI is InChI=1S/C12H21F3N2O/c1-9-3-5-10(6-4-9)17(2)7-11(18)16-8-12(13,14)15/h9-10H,3-8H2,1-2H3,(H,16,18). The van der Waals surface area contributed by atoms with Gasteiger partial charge in [-0.25, -0.2) is 0 Å². The lowest BCUT2D eigenvalue weighted by molar-refractivity contribution is -0.139. The molecule has 0 spiro atoms. The van der Waals surface area contributed by atoms with E-state index in [-0.39, 0.29) is 6.54 Å². The van der Waals surface area contributed by atoms with Crippen molar-refractivity contribution in [3.8, 4) is 0 Å². The van der Waals surface area contributed by atoms with Gasteiger partial charge in [0.15, 0.2) is 0 Å². The van der Waals surface area contributed by atoms with Gasteiger partial charge < -0.3 is 5.32 Å². The molecule has 6 heteroatoms. The monoisotopic (exact) mass is 266 g/mol. The minimum atomic E-state index is -4.34. The van der Waals surface area contributed by atoms with Crippen LogP contribution in [-0.2, 0) is 4.79 Å². The summed E-state index contributed by atoms with van der Waals surface area (Å²) in [6, 6.07) is 0.317. The number of nitrogens with zero attached hydrogens (tertiary/aromatic N) is 1. The molecule has 0 saturated heterocycles. The van der Waals surface area contributed by atoms with Gasteiger partial charge in [0.1, 0.15) is 6.54 Å². The summed E-state index contributed by atoms with van der Waals surface area (Å²) in [6.45, 7) is 0.989. The van der Waals surface area contributed by atoms with E-state index in [0.29, 0.717) is 12.0 Å². The van der Waals surface area contributed by atoms with Gasteiger partial charge in [-0.2, -0.15) is 13.2 Å². The average molecular weight is 266 g/mol. The van der Waals surface area contributed by atoms with Crippen molar-refractivity contribution in [3.05, 3.63) is 0 Å². The first-order valence-corrected chi connectivity index (χ1v) is 6.31. The summed E-state index contributed by atoms with van der Waals surface area (Å²) in [4.78, 5) is 13.2. The highest BCUT2D eigenvalue weighted by Crippen LogP contribution is 2.26. The molecule has 0 unspecified atom stereocenters. The first-order valence-electron chi connectivity index (χ1n) is 6.31. The van der Waals surface area contributed by atoms with Crippen LogP contribution in [0.4, 0.5) is 13.2 Å². The molecular weight excluding hydrogens is 245 g/mol. The third-order valence-electron chi connectivity index (χ3n) is 3.49. The van der Waals surface area contributed by atoms with Crippen molar-refractivity contribution in [2.75, 3.05) is 20.1 Å². The van der Waals surface area contributed by atoms with Gasteiger partial charge in [0.2, 0.25) is 5.91 Å². The van der Waals surface area contributed by atoms with Gasteiger partial charge in [-0.05, 0) is 38.6 Å². The Morgan fingerprint density at radius 2 is 1.83 bits per heavy atom. The maximum Gasteiger partial charge on any atom is 0.405 e. The van der Waals surface area contributed by atoms with Crippen LogP contribution >= 0.6 is 0 Å². The number of hydrogen-bond acceptors (Lipinski definition) is 2. The molecule has 1 aliphatic carbocycles. The van der Waals surface area contributed by atoms with Gasteiger partial charge in [-0.3, -0.25) is 9.69 Å². The Morgan fingerprint density at radius 1 is 1.28 bits per heavy atom. The minimum absolute atomic E-state index is 0.0368. The Bertz CT molecular complexity index is 273. The third-order valence-corrected chi connectivity index (χ3v) is 3.49. The third kappa shape index (κ3) is 5.71. The molecule has 0 aromatic rings. The highest BCUT2D eigenvalue weighted by molar-refractivity contribution is 5.78. The van der Waals surface area contributed by atoms with E-state index < -0.39 is 18.6 Å². The van der Waals surface area contributed by atoms with Gasteiger partial charge in [0.25, 0.3) is 0 Å². The number of likely N-dealkylation sites (N-methyl/N-ethyl adjacent to an activating group) is 1. The summed E-state index contributed by atoms with van der Waals surface area (Å²) in [5.74, 6) is 0.155. The second-order valence-corrected chi connectivity index (χ2v) is 5.22. The number of nitrogens with one attached hydrogen (secondary N) is 1. The lowest BCUT2D eigenvalue weighted by Gasteiger charge is -2.33. The lowest BCUT2D eigenvalue weighted by Crippen LogP contribution is -2.44. The molecule has 0 atom stereocenters. The fraction of sp³-hybridized carbons (Fsp3) is 0.917. The van der Waals surface area contributed by atoms with Crippen molar-refractivity contribution in [1.29, 1.82) is 0 Å². The molecule has 1 N–H and O–H groups in total. The highest BCUT2D eigenvalue weighted by atomic mass is 19.4. The van der Waals surface area contributed by atoms with Gasteiger partial charge in [0.05, 0.1) is 6.54 Å². The van der Waals surface area contributed by atoms with Crippen LogP contribution in [0.25, 0.3) is 0 Å². The van der Waals surface area contributed by atoms with Crippen LogP contribution in [0.15, 0.2) is 0 Å². The fourth-order valence-electron chi connectivity index (χ4n) is 2.29. The molecule has 0 heterocycles. The van der Waals surface area contributed by atoms with E-state index in [4.69, 9.17) is 0 Å². The zero-order valence-electron chi connectivity index (χ0n) is 10.9. The van der Waals surface area contributed by atoms with E-state index in [0.717, 1.165) is 25.7 Å². The second-order valence-electron chi connectivity index (χ2n) is 5.22. The van der Waals surface area contributed by atoms with Crippen LogP contribution in [0.1, 0.15) is 32.6 Å². The molecule has 3 nitrogen and oxygen atoms in total. The van der Waals surface area contributed by atoms with Crippen LogP contribution in [0.2, 0.25) is 0 Å². The predicted octanol–water partition coefficient (Wildman–Crippen LogP) is 2.18. The molecule has 0 aromatic carbocycles. The smallest absolute Gasteiger partial charge is 0.346 e. The van der Waals surface area contributed by atoms with Crippen LogP contribution in [0.3, 0.4) is 0 Å². The zero-order valence-corrected chi connectivity index (χ0v) is 10.9. The van der Waals surface area contributed by atoms with Crippen LogP contribution in [-0.4, -0.2) is 43.2 Å². The molecule has 1 rings (SSSR count). The average Bonchev–Trinajstić information content (AvgIpc) is 2.26. The molecule has 1 amide bonds. The SMILES string of the molecule is CC1CCC(N(C)CC(=O)NCC(F)(F)F)CC1. The molecule has 1 aliphatic rings. The Labute approximate surface area is 106 Å². The Hall–Kier alpha value is -0.780. The van der Waals surface area contributed by atoms with Crippen molar-refractivity contribution in [2.24, 2.45) is 5.92 Å². The van der Waals surface area contributed by atoms with Crippen LogP contribution in [0, 0.1) is 5.92 Å². The summed E-state index contributed by atoms with van der Waals surface area (Å²) < 4.78 is 35.8. The largest absolute Gasteiger partial charge is 0.405 e. The molecule has 18 heavy (non-hydrogen) atoms. The van der Waals surface area contributed by atoms with Crippen molar-refractivity contribution in [1.82, 2.24) is 10.2 Å². The summed E-state index contributed by atoms with van der Waals surface area (Å²) >= 11 is 0. The van der Waals surface area contributed by atoms with Crippen LogP contribution < -0.4 is 5.32 Å². The van der Waals surface area contributed by atoms with E-state index in [1.54, 1.807) is 7.05 Å². The molecule has 1 saturated carbocycles. The first-order chi connectivity index (χ1) is 8.28. The van der Waals surface area contributed by atoms with Gasteiger partial charge in [0, 0.05) is 6.04 Å². The lowest BCUT2D eigenvalue weighted by atomic mass is 9.87. The van der Waals surface area contributed by atoms with E-state index in [9.17, 15) is 18.0 Å². The quantitative estimate of drug-likeness (QED) is 0.846. The number of rotatable bonds is 4. The maximum absolute atomic E-state index is 11.9. The Balaban J connectivity index is 2.27. The van der Waals surface area contributed by atoms with Crippen molar-refractivity contribution >= 4 is 5.91 Å². The van der Waals surface area contributed by atoms with Crippen molar-refractivity contribution in [2.45, 2.75) is 44.8 Å². The van der Waals surface area contributed by atoms with Gasteiger partial charge >= 0.3 is 6.18 Å².